The number of nitrogens with zero attached hydrogens (tertiary/aromatic N) is 1. The summed E-state index contributed by atoms with van der Waals surface area (Å²) in [7, 11) is 0. The summed E-state index contributed by atoms with van der Waals surface area (Å²) in [5.41, 5.74) is 3.51. The van der Waals surface area contributed by atoms with E-state index in [2.05, 4.69) is 22.9 Å². The van der Waals surface area contributed by atoms with E-state index in [9.17, 15) is 9.18 Å². The number of pyridine rings is 1. The number of para-hydroxylation sites is 1. The minimum atomic E-state index is -0.440. The molecule has 0 N–H and O–H groups in total. The molecule has 2 aromatic carbocycles. The Morgan fingerprint density at radius 3 is 2.67 bits per heavy atom. The number of hydrogen-bond acceptors (Lipinski definition) is 3. The van der Waals surface area contributed by atoms with Gasteiger partial charge in [0.15, 0.2) is 0 Å². The standard InChI is InChI=1S/C22H21BrFNO2/c1-3-7-19-16(4-2)21(17-8-5-6-9-20(17)25-19)22(26)27-13-14-10-11-15(23)12-18(14)24/h5-6,8-12H,3-4,7,13H2,1-2H3. The van der Waals surface area contributed by atoms with Crippen LogP contribution >= 0.6 is 15.9 Å². The van der Waals surface area contributed by atoms with E-state index in [1.165, 1.54) is 6.07 Å². The quantitative estimate of drug-likeness (QED) is 0.450. The maximum absolute atomic E-state index is 14.0. The summed E-state index contributed by atoms with van der Waals surface area (Å²) in [4.78, 5) is 17.7. The largest absolute Gasteiger partial charge is 0.457 e. The molecule has 0 bridgehead atoms. The number of benzene rings is 2. The van der Waals surface area contributed by atoms with Gasteiger partial charge in [0.05, 0.1) is 11.1 Å². The number of rotatable bonds is 6. The normalized spacial score (nSPS) is 11.0. The fraction of sp³-hybridized carbons (Fsp3) is 0.273. The van der Waals surface area contributed by atoms with Crippen LogP contribution in [0.25, 0.3) is 10.9 Å². The Labute approximate surface area is 166 Å². The third kappa shape index (κ3) is 4.19. The zero-order valence-corrected chi connectivity index (χ0v) is 17.0. The first kappa shape index (κ1) is 19.5. The molecule has 0 fully saturated rings. The fourth-order valence-corrected chi connectivity index (χ4v) is 3.55. The number of esters is 1. The second-order valence-electron chi connectivity index (χ2n) is 6.34. The first-order valence-electron chi connectivity index (χ1n) is 9.06. The first-order chi connectivity index (χ1) is 13.0. The summed E-state index contributed by atoms with van der Waals surface area (Å²) >= 11 is 3.23. The van der Waals surface area contributed by atoms with Crippen molar-refractivity contribution in [3.8, 4) is 0 Å². The SMILES string of the molecule is CCCc1nc2ccccc2c(C(=O)OCc2ccc(Br)cc2F)c1CC. The molecule has 0 aliphatic rings. The monoisotopic (exact) mass is 429 g/mol. The summed E-state index contributed by atoms with van der Waals surface area (Å²) in [5.74, 6) is -0.843. The number of aromatic nitrogens is 1. The molecule has 27 heavy (non-hydrogen) atoms. The maximum atomic E-state index is 14.0. The lowest BCUT2D eigenvalue weighted by atomic mass is 9.96. The zero-order valence-electron chi connectivity index (χ0n) is 15.4. The lowest BCUT2D eigenvalue weighted by Gasteiger charge is -2.15. The van der Waals surface area contributed by atoms with Gasteiger partial charge in [0.1, 0.15) is 12.4 Å². The van der Waals surface area contributed by atoms with E-state index in [0.29, 0.717) is 22.0 Å². The van der Waals surface area contributed by atoms with E-state index < -0.39 is 11.8 Å². The van der Waals surface area contributed by atoms with Crippen LogP contribution in [0.5, 0.6) is 0 Å². The Kier molecular flexibility index (Phi) is 6.22. The lowest BCUT2D eigenvalue weighted by molar-refractivity contribution is 0.0470. The average Bonchev–Trinajstić information content (AvgIpc) is 2.66. The van der Waals surface area contributed by atoms with Gasteiger partial charge in [-0.05, 0) is 36.6 Å². The molecule has 3 nitrogen and oxygen atoms in total. The van der Waals surface area contributed by atoms with Gasteiger partial charge < -0.3 is 4.74 Å². The lowest BCUT2D eigenvalue weighted by Crippen LogP contribution is -2.13. The van der Waals surface area contributed by atoms with Crippen LogP contribution < -0.4 is 0 Å². The van der Waals surface area contributed by atoms with Gasteiger partial charge in [-0.1, -0.05) is 60.5 Å². The van der Waals surface area contributed by atoms with Crippen molar-refractivity contribution < 1.29 is 13.9 Å². The average molecular weight is 430 g/mol. The smallest absolute Gasteiger partial charge is 0.339 e. The molecule has 0 aliphatic carbocycles. The van der Waals surface area contributed by atoms with Crippen LogP contribution in [0.2, 0.25) is 0 Å². The van der Waals surface area contributed by atoms with E-state index in [1.807, 2.05) is 31.2 Å². The van der Waals surface area contributed by atoms with Crippen molar-refractivity contribution >= 4 is 32.8 Å². The number of hydrogen-bond donors (Lipinski definition) is 0. The van der Waals surface area contributed by atoms with Crippen LogP contribution in [-0.4, -0.2) is 11.0 Å². The molecule has 0 spiro atoms. The van der Waals surface area contributed by atoms with Crippen molar-refractivity contribution in [1.29, 1.82) is 0 Å². The van der Waals surface area contributed by atoms with Crippen LogP contribution in [0.3, 0.4) is 0 Å². The van der Waals surface area contributed by atoms with Gasteiger partial charge in [-0.2, -0.15) is 0 Å². The number of ether oxygens (including phenoxy) is 1. The Balaban J connectivity index is 1.99. The highest BCUT2D eigenvalue weighted by atomic mass is 79.9. The van der Waals surface area contributed by atoms with Gasteiger partial charge in [0.2, 0.25) is 0 Å². The molecule has 5 heteroatoms. The van der Waals surface area contributed by atoms with Crippen LogP contribution in [0, 0.1) is 5.82 Å². The molecule has 0 radical (unpaired) electrons. The molecule has 0 atom stereocenters. The molecule has 0 saturated carbocycles. The molecule has 3 aromatic rings. The Bertz CT molecular complexity index is 987. The zero-order chi connectivity index (χ0) is 19.4. The van der Waals surface area contributed by atoms with Gasteiger partial charge in [-0.25, -0.2) is 9.18 Å². The van der Waals surface area contributed by atoms with Crippen LogP contribution in [-0.2, 0) is 24.2 Å². The van der Waals surface area contributed by atoms with Crippen molar-refractivity contribution in [2.24, 2.45) is 0 Å². The van der Waals surface area contributed by atoms with Crippen LogP contribution in [0.1, 0.15) is 47.4 Å². The maximum Gasteiger partial charge on any atom is 0.339 e. The second-order valence-corrected chi connectivity index (χ2v) is 7.26. The molecular weight excluding hydrogens is 409 g/mol. The molecule has 1 aromatic heterocycles. The highest BCUT2D eigenvalue weighted by Crippen LogP contribution is 2.26. The number of carbonyl (C=O) groups excluding carboxylic acids is 1. The molecule has 0 aliphatic heterocycles. The topological polar surface area (TPSA) is 39.2 Å². The first-order valence-corrected chi connectivity index (χ1v) is 9.86. The third-order valence-corrected chi connectivity index (χ3v) is 4.99. The van der Waals surface area contributed by atoms with E-state index in [4.69, 9.17) is 9.72 Å². The van der Waals surface area contributed by atoms with Gasteiger partial charge >= 0.3 is 5.97 Å². The number of halogens is 2. The van der Waals surface area contributed by atoms with Crippen molar-refractivity contribution in [1.82, 2.24) is 4.98 Å². The van der Waals surface area contributed by atoms with Crippen LogP contribution in [0.4, 0.5) is 4.39 Å². The second kappa shape index (κ2) is 8.61. The Hall–Kier alpha value is -2.27. The highest BCUT2D eigenvalue weighted by molar-refractivity contribution is 9.10. The van der Waals surface area contributed by atoms with Crippen molar-refractivity contribution in [3.63, 3.8) is 0 Å². The van der Waals surface area contributed by atoms with Crippen molar-refractivity contribution in [3.05, 3.63) is 75.1 Å². The fourth-order valence-electron chi connectivity index (χ4n) is 3.21. The van der Waals surface area contributed by atoms with Gasteiger partial charge in [0.25, 0.3) is 0 Å². The van der Waals surface area contributed by atoms with E-state index in [1.54, 1.807) is 12.1 Å². The number of aryl methyl sites for hydroxylation is 1. The molecule has 0 saturated heterocycles. The third-order valence-electron chi connectivity index (χ3n) is 4.50. The molecule has 3 rings (SSSR count). The predicted molar refractivity (Wildman–Crippen MR) is 108 cm³/mol. The predicted octanol–water partition coefficient (Wildman–Crippen LogP) is 6.01. The van der Waals surface area contributed by atoms with Crippen molar-refractivity contribution in [2.75, 3.05) is 0 Å². The van der Waals surface area contributed by atoms with E-state index >= 15 is 0 Å². The summed E-state index contributed by atoms with van der Waals surface area (Å²) in [5, 5.41) is 0.774. The number of carbonyl (C=O) groups is 1. The van der Waals surface area contributed by atoms with Gasteiger partial charge in [-0.15, -0.1) is 0 Å². The number of fused-ring (bicyclic) bond motifs is 1. The Morgan fingerprint density at radius 1 is 1.19 bits per heavy atom. The summed E-state index contributed by atoms with van der Waals surface area (Å²) in [6, 6.07) is 12.3. The molecule has 0 unspecified atom stereocenters. The van der Waals surface area contributed by atoms with Gasteiger partial charge in [0, 0.05) is 21.1 Å². The van der Waals surface area contributed by atoms with Crippen molar-refractivity contribution in [2.45, 2.75) is 39.7 Å². The van der Waals surface area contributed by atoms with E-state index in [-0.39, 0.29) is 6.61 Å². The van der Waals surface area contributed by atoms with Crippen LogP contribution in [0.15, 0.2) is 46.9 Å². The molecule has 140 valence electrons. The molecule has 1 heterocycles. The van der Waals surface area contributed by atoms with E-state index in [0.717, 1.165) is 35.0 Å². The Morgan fingerprint density at radius 2 is 1.96 bits per heavy atom. The minimum absolute atomic E-state index is 0.110. The molecular formula is C22H21BrFNO2. The highest BCUT2D eigenvalue weighted by Gasteiger charge is 2.21. The summed E-state index contributed by atoms with van der Waals surface area (Å²) in [6.07, 6.45) is 2.43. The molecule has 0 amide bonds. The minimum Gasteiger partial charge on any atom is -0.457 e. The summed E-state index contributed by atoms with van der Waals surface area (Å²) < 4.78 is 20.2. The van der Waals surface area contributed by atoms with Gasteiger partial charge in [-0.3, -0.25) is 4.98 Å². The summed E-state index contributed by atoms with van der Waals surface area (Å²) in [6.45, 7) is 3.99.